The van der Waals surface area contributed by atoms with Crippen molar-refractivity contribution < 1.29 is 19.1 Å². The van der Waals surface area contributed by atoms with Gasteiger partial charge in [0.25, 0.3) is 5.91 Å². The Bertz CT molecular complexity index is 821. The van der Waals surface area contributed by atoms with Gasteiger partial charge in [-0.3, -0.25) is 9.59 Å². The number of carbonyl (C=O) groups excluding carboxylic acids is 2. The number of carbonyl (C=O) groups is 2. The molecular formula is C21H23FN2O3. The van der Waals surface area contributed by atoms with Crippen molar-refractivity contribution in [2.45, 2.75) is 38.0 Å². The van der Waals surface area contributed by atoms with Crippen molar-refractivity contribution in [3.05, 3.63) is 71.5 Å². The molecule has 3 rings (SSSR count). The molecule has 27 heavy (non-hydrogen) atoms. The molecule has 2 aromatic carbocycles. The van der Waals surface area contributed by atoms with E-state index in [1.54, 1.807) is 11.8 Å². The molecule has 2 N–H and O–H groups in total. The maximum Gasteiger partial charge on any atom is 0.251 e. The van der Waals surface area contributed by atoms with Crippen LogP contribution in [0.25, 0.3) is 0 Å². The lowest BCUT2D eigenvalue weighted by atomic mass is 9.79. The average molecular weight is 370 g/mol. The Morgan fingerprint density at radius 1 is 1.15 bits per heavy atom. The van der Waals surface area contributed by atoms with Gasteiger partial charge in [-0.1, -0.05) is 30.3 Å². The highest BCUT2D eigenvalue weighted by Crippen LogP contribution is 2.37. The molecule has 2 aromatic rings. The lowest BCUT2D eigenvalue weighted by Gasteiger charge is -2.49. The maximum absolute atomic E-state index is 13.1. The predicted molar refractivity (Wildman–Crippen MR) is 99.5 cm³/mol. The highest BCUT2D eigenvalue weighted by Gasteiger charge is 2.47. The molecular weight excluding hydrogens is 347 g/mol. The Labute approximate surface area is 157 Å². The number of likely N-dealkylation sites (tertiary alicyclic amines) is 1. The third kappa shape index (κ3) is 4.01. The van der Waals surface area contributed by atoms with Crippen LogP contribution in [0.1, 0.15) is 42.2 Å². The molecule has 0 aliphatic carbocycles. The minimum Gasteiger partial charge on any atom is -0.388 e. The van der Waals surface area contributed by atoms with Crippen molar-refractivity contribution in [1.29, 1.82) is 0 Å². The molecule has 142 valence electrons. The van der Waals surface area contributed by atoms with Gasteiger partial charge >= 0.3 is 0 Å². The lowest BCUT2D eigenvalue weighted by molar-refractivity contribution is -0.140. The molecule has 0 radical (unpaired) electrons. The summed E-state index contributed by atoms with van der Waals surface area (Å²) in [7, 11) is 0. The monoisotopic (exact) mass is 370 g/mol. The van der Waals surface area contributed by atoms with Crippen LogP contribution in [0.2, 0.25) is 0 Å². The van der Waals surface area contributed by atoms with E-state index in [1.807, 2.05) is 30.3 Å². The predicted octanol–water partition coefficient (Wildman–Crippen LogP) is 2.67. The van der Waals surface area contributed by atoms with E-state index in [1.165, 1.54) is 31.2 Å². The molecule has 0 saturated carbocycles. The van der Waals surface area contributed by atoms with Gasteiger partial charge in [0.1, 0.15) is 5.82 Å². The first-order valence-electron chi connectivity index (χ1n) is 8.90. The normalized spacial score (nSPS) is 25.1. The van der Waals surface area contributed by atoms with Crippen molar-refractivity contribution in [3.8, 4) is 0 Å². The summed E-state index contributed by atoms with van der Waals surface area (Å²) >= 11 is 0. The number of benzene rings is 2. The molecule has 0 spiro atoms. The Balaban J connectivity index is 1.97. The molecule has 6 heteroatoms. The second-order valence-electron chi connectivity index (χ2n) is 7.13. The fraction of sp³-hybridized carbons (Fsp3) is 0.333. The molecule has 0 unspecified atom stereocenters. The molecule has 0 aromatic heterocycles. The summed E-state index contributed by atoms with van der Waals surface area (Å²) in [5.41, 5.74) is -0.0849. The molecule has 3 atom stereocenters. The number of hydrogen-bond donors (Lipinski definition) is 2. The number of nitrogens with zero attached hydrogens (tertiary/aromatic N) is 1. The topological polar surface area (TPSA) is 69.6 Å². The Kier molecular flexibility index (Phi) is 5.28. The molecule has 1 aliphatic heterocycles. The third-order valence-corrected chi connectivity index (χ3v) is 5.12. The van der Waals surface area contributed by atoms with Gasteiger partial charge < -0.3 is 15.3 Å². The number of aliphatic hydroxyl groups is 1. The summed E-state index contributed by atoms with van der Waals surface area (Å²) in [6, 6.07) is 13.3. The fourth-order valence-electron chi connectivity index (χ4n) is 3.60. The smallest absolute Gasteiger partial charge is 0.251 e. The Hall–Kier alpha value is -2.73. The molecule has 1 heterocycles. The van der Waals surface area contributed by atoms with E-state index in [4.69, 9.17) is 0 Å². The van der Waals surface area contributed by atoms with Gasteiger partial charge in [-0.05, 0) is 43.2 Å². The zero-order chi connectivity index (χ0) is 19.6. The number of piperidine rings is 1. The van der Waals surface area contributed by atoms with Crippen LogP contribution in [0, 0.1) is 5.82 Å². The first kappa shape index (κ1) is 19.0. The van der Waals surface area contributed by atoms with Gasteiger partial charge in [-0.15, -0.1) is 0 Å². The van der Waals surface area contributed by atoms with Crippen molar-refractivity contribution in [1.82, 2.24) is 10.2 Å². The largest absolute Gasteiger partial charge is 0.388 e. The van der Waals surface area contributed by atoms with Gasteiger partial charge in [0.2, 0.25) is 5.91 Å². The minimum atomic E-state index is -1.21. The third-order valence-electron chi connectivity index (χ3n) is 5.12. The van der Waals surface area contributed by atoms with Gasteiger partial charge in [-0.25, -0.2) is 4.39 Å². The van der Waals surface area contributed by atoms with Crippen molar-refractivity contribution in [2.24, 2.45) is 0 Å². The summed E-state index contributed by atoms with van der Waals surface area (Å²) in [4.78, 5) is 26.6. The van der Waals surface area contributed by atoms with Gasteiger partial charge in [0, 0.05) is 19.0 Å². The van der Waals surface area contributed by atoms with Gasteiger partial charge in [0.15, 0.2) is 0 Å². The van der Waals surface area contributed by atoms with Gasteiger partial charge in [-0.2, -0.15) is 0 Å². The zero-order valence-corrected chi connectivity index (χ0v) is 15.4. The van der Waals surface area contributed by atoms with E-state index in [2.05, 4.69) is 5.32 Å². The SMILES string of the molecule is CC(=O)N1CC[C@@](C)(O)[C@@H](NC(=O)c2ccc(F)cc2)[C@@H]1c1ccccc1. The van der Waals surface area contributed by atoms with E-state index in [9.17, 15) is 19.1 Å². The number of nitrogens with one attached hydrogen (secondary N) is 1. The maximum atomic E-state index is 13.1. The second-order valence-corrected chi connectivity index (χ2v) is 7.13. The van der Waals surface area contributed by atoms with E-state index in [0.29, 0.717) is 18.5 Å². The van der Waals surface area contributed by atoms with Gasteiger partial charge in [0.05, 0.1) is 17.7 Å². The van der Waals surface area contributed by atoms with E-state index < -0.39 is 29.4 Å². The fourth-order valence-corrected chi connectivity index (χ4v) is 3.60. The molecule has 1 aliphatic rings. The average Bonchev–Trinajstić information content (AvgIpc) is 2.64. The van der Waals surface area contributed by atoms with Crippen LogP contribution in [0.5, 0.6) is 0 Å². The van der Waals surface area contributed by atoms with Crippen LogP contribution in [0.15, 0.2) is 54.6 Å². The molecule has 5 nitrogen and oxygen atoms in total. The van der Waals surface area contributed by atoms with Crippen LogP contribution < -0.4 is 5.32 Å². The highest BCUT2D eigenvalue weighted by molar-refractivity contribution is 5.94. The molecule has 0 bridgehead atoms. The zero-order valence-electron chi connectivity index (χ0n) is 15.4. The number of halogens is 1. The Morgan fingerprint density at radius 2 is 1.78 bits per heavy atom. The summed E-state index contributed by atoms with van der Waals surface area (Å²) in [6.07, 6.45) is 0.338. The number of hydrogen-bond acceptors (Lipinski definition) is 3. The van der Waals surface area contributed by atoms with Crippen molar-refractivity contribution >= 4 is 11.8 Å². The van der Waals surface area contributed by atoms with Crippen LogP contribution >= 0.6 is 0 Å². The van der Waals surface area contributed by atoms with E-state index in [0.717, 1.165) is 5.56 Å². The summed E-state index contributed by atoms with van der Waals surface area (Å²) in [5, 5.41) is 13.9. The number of rotatable bonds is 3. The van der Waals surface area contributed by atoms with Crippen LogP contribution in [0.4, 0.5) is 4.39 Å². The van der Waals surface area contributed by atoms with Crippen LogP contribution in [0.3, 0.4) is 0 Å². The van der Waals surface area contributed by atoms with Crippen LogP contribution in [-0.4, -0.2) is 40.0 Å². The number of amides is 2. The molecule has 2 amide bonds. The van der Waals surface area contributed by atoms with Crippen molar-refractivity contribution in [2.75, 3.05) is 6.54 Å². The highest BCUT2D eigenvalue weighted by atomic mass is 19.1. The summed E-state index contributed by atoms with van der Waals surface area (Å²) in [5.74, 6) is -0.979. The van der Waals surface area contributed by atoms with E-state index in [-0.39, 0.29) is 5.91 Å². The first-order chi connectivity index (χ1) is 12.8. The quantitative estimate of drug-likeness (QED) is 0.873. The van der Waals surface area contributed by atoms with E-state index >= 15 is 0 Å². The Morgan fingerprint density at radius 3 is 2.37 bits per heavy atom. The first-order valence-corrected chi connectivity index (χ1v) is 8.90. The van der Waals surface area contributed by atoms with Crippen molar-refractivity contribution in [3.63, 3.8) is 0 Å². The lowest BCUT2D eigenvalue weighted by Crippen LogP contribution is -2.63. The molecule has 1 fully saturated rings. The summed E-state index contributed by atoms with van der Waals surface area (Å²) in [6.45, 7) is 3.54. The minimum absolute atomic E-state index is 0.125. The van der Waals surface area contributed by atoms with Crippen LogP contribution in [-0.2, 0) is 4.79 Å². The summed E-state index contributed by atoms with van der Waals surface area (Å²) < 4.78 is 13.1. The standard InChI is InChI=1S/C21H23FN2O3/c1-14(25)24-13-12-21(2,27)19(18(24)15-6-4-3-5-7-15)23-20(26)16-8-10-17(22)11-9-16/h3-11,18-19,27H,12-13H2,1-2H3,(H,23,26)/t18-,19-,21+/m0/s1. The second kappa shape index (κ2) is 7.48. The molecule has 1 saturated heterocycles.